The van der Waals surface area contributed by atoms with Crippen molar-refractivity contribution in [2.45, 2.75) is 58.2 Å². The number of ether oxygens (including phenoxy) is 6. The van der Waals surface area contributed by atoms with Gasteiger partial charge in [-0.05, 0) is 71.5 Å². The summed E-state index contributed by atoms with van der Waals surface area (Å²) in [4.78, 5) is 0. The third-order valence-corrected chi connectivity index (χ3v) is 8.42. The van der Waals surface area contributed by atoms with Crippen LogP contribution in [0.2, 0.25) is 0 Å². The Labute approximate surface area is 273 Å². The fourth-order valence-corrected chi connectivity index (χ4v) is 5.98. The molecule has 244 valence electrons. The molecule has 1 aliphatic rings. The Morgan fingerprint density at radius 1 is 0.630 bits per heavy atom. The topological polar surface area (TPSA) is 67.4 Å². The minimum absolute atomic E-state index is 0.0420. The Kier molecular flexibility index (Phi) is 12.5. The molecule has 7 heteroatoms. The van der Waals surface area contributed by atoms with Crippen molar-refractivity contribution in [3.63, 3.8) is 0 Å². The summed E-state index contributed by atoms with van der Waals surface area (Å²) >= 11 is 0. The van der Waals surface area contributed by atoms with Crippen LogP contribution >= 0.6 is 0 Å². The van der Waals surface area contributed by atoms with Gasteiger partial charge in [-0.25, -0.2) is 0 Å². The summed E-state index contributed by atoms with van der Waals surface area (Å²) in [6, 6.07) is 31.0. The third kappa shape index (κ3) is 9.33. The Morgan fingerprint density at radius 3 is 1.76 bits per heavy atom. The molecule has 4 aromatic rings. The lowest BCUT2D eigenvalue weighted by Crippen LogP contribution is -2.50. The van der Waals surface area contributed by atoms with Gasteiger partial charge in [-0.3, -0.25) is 0 Å². The van der Waals surface area contributed by atoms with Crippen LogP contribution in [0.15, 0.2) is 91.0 Å². The predicted molar refractivity (Wildman–Crippen MR) is 181 cm³/mol. The molecule has 0 amide bonds. The maximum Gasteiger partial charge on any atom is 0.121 e. The third-order valence-electron chi connectivity index (χ3n) is 8.42. The van der Waals surface area contributed by atoms with Gasteiger partial charge < -0.3 is 33.7 Å². The molecule has 4 aromatic carbocycles. The van der Waals surface area contributed by atoms with Gasteiger partial charge in [0.2, 0.25) is 0 Å². The van der Waals surface area contributed by atoms with E-state index in [1.807, 2.05) is 30.3 Å². The number of rotatable bonds is 16. The van der Waals surface area contributed by atoms with Crippen molar-refractivity contribution in [3.05, 3.63) is 124 Å². The second kappa shape index (κ2) is 17.2. The molecule has 46 heavy (non-hydrogen) atoms. The number of methoxy groups -OCH3 is 2. The van der Waals surface area contributed by atoms with E-state index in [4.69, 9.17) is 28.4 Å². The summed E-state index contributed by atoms with van der Waals surface area (Å²) in [5.74, 6) is 2.65. The smallest absolute Gasteiger partial charge is 0.121 e. The van der Waals surface area contributed by atoms with Gasteiger partial charge in [-0.15, -0.1) is 0 Å². The molecule has 0 saturated carbocycles. The lowest BCUT2D eigenvalue weighted by molar-refractivity contribution is -0.0650. The number of hydrogen-bond acceptors (Lipinski definition) is 7. The molecule has 7 nitrogen and oxygen atoms in total. The molecule has 0 spiro atoms. The van der Waals surface area contributed by atoms with Crippen molar-refractivity contribution in [1.29, 1.82) is 0 Å². The van der Waals surface area contributed by atoms with Gasteiger partial charge in [0.25, 0.3) is 0 Å². The molecule has 0 aromatic heterocycles. The SMILES string of the molecule is COc1ccc(CO[C@H]2CNC[C@@H](OCc3ccc(OC)c(C)c3)[C@H]2c2ccc(OCCCOCc3ccccc3)cc2)cc1C. The summed E-state index contributed by atoms with van der Waals surface area (Å²) in [5, 5.41) is 3.56. The van der Waals surface area contributed by atoms with Gasteiger partial charge in [-0.2, -0.15) is 0 Å². The van der Waals surface area contributed by atoms with Crippen molar-refractivity contribution in [2.24, 2.45) is 0 Å². The quantitative estimate of drug-likeness (QED) is 0.133. The molecule has 1 heterocycles. The van der Waals surface area contributed by atoms with Crippen molar-refractivity contribution in [1.82, 2.24) is 5.32 Å². The Hall–Kier alpha value is -3.88. The van der Waals surface area contributed by atoms with Gasteiger partial charge >= 0.3 is 0 Å². The van der Waals surface area contributed by atoms with E-state index in [9.17, 15) is 0 Å². The molecule has 1 saturated heterocycles. The Morgan fingerprint density at radius 2 is 1.22 bits per heavy atom. The fraction of sp³-hybridized carbons (Fsp3) is 0.385. The van der Waals surface area contributed by atoms with Gasteiger partial charge in [0.05, 0.1) is 59.5 Å². The van der Waals surface area contributed by atoms with E-state index < -0.39 is 0 Å². The van der Waals surface area contributed by atoms with Gasteiger partial charge in [0.15, 0.2) is 0 Å². The molecule has 0 radical (unpaired) electrons. The second-order valence-electron chi connectivity index (χ2n) is 11.8. The van der Waals surface area contributed by atoms with Gasteiger partial charge in [0.1, 0.15) is 17.2 Å². The van der Waals surface area contributed by atoms with Crippen molar-refractivity contribution in [3.8, 4) is 17.2 Å². The summed E-state index contributed by atoms with van der Waals surface area (Å²) in [7, 11) is 3.39. The van der Waals surface area contributed by atoms with Crippen molar-refractivity contribution < 1.29 is 28.4 Å². The first-order valence-corrected chi connectivity index (χ1v) is 16.1. The second-order valence-corrected chi connectivity index (χ2v) is 11.8. The monoisotopic (exact) mass is 625 g/mol. The number of aryl methyl sites for hydroxylation is 2. The minimum Gasteiger partial charge on any atom is -0.496 e. The van der Waals surface area contributed by atoms with Crippen molar-refractivity contribution >= 4 is 0 Å². The molecule has 0 aliphatic carbocycles. The maximum atomic E-state index is 6.62. The van der Waals surface area contributed by atoms with Crippen LogP contribution < -0.4 is 19.5 Å². The number of nitrogens with one attached hydrogen (secondary N) is 1. The van der Waals surface area contributed by atoms with E-state index in [0.29, 0.717) is 33.0 Å². The molecule has 3 atom stereocenters. The first-order chi connectivity index (χ1) is 22.5. The molecule has 5 rings (SSSR count). The summed E-state index contributed by atoms with van der Waals surface area (Å²) in [6.45, 7) is 8.47. The Balaban J connectivity index is 1.22. The van der Waals surface area contributed by atoms with E-state index in [1.165, 1.54) is 11.1 Å². The number of hydrogen-bond donors (Lipinski definition) is 1. The average Bonchev–Trinajstić information content (AvgIpc) is 3.09. The molecule has 1 N–H and O–H groups in total. The highest BCUT2D eigenvalue weighted by Crippen LogP contribution is 2.33. The molecule has 0 unspecified atom stereocenters. The van der Waals surface area contributed by atoms with Gasteiger partial charge in [0, 0.05) is 25.4 Å². The summed E-state index contributed by atoms with van der Waals surface area (Å²) < 4.78 is 36.0. The van der Waals surface area contributed by atoms with Crippen LogP contribution in [0.1, 0.15) is 45.7 Å². The first-order valence-electron chi connectivity index (χ1n) is 16.1. The fourth-order valence-electron chi connectivity index (χ4n) is 5.98. The normalized spacial score (nSPS) is 17.9. The zero-order valence-electron chi connectivity index (χ0n) is 27.5. The zero-order chi connectivity index (χ0) is 32.1. The minimum atomic E-state index is -0.0766. The molecule has 1 aliphatic heterocycles. The highest BCUT2D eigenvalue weighted by atomic mass is 16.5. The van der Waals surface area contributed by atoms with Crippen LogP contribution in [-0.2, 0) is 34.0 Å². The highest BCUT2D eigenvalue weighted by Gasteiger charge is 2.36. The van der Waals surface area contributed by atoms with E-state index in [0.717, 1.165) is 59.0 Å². The average molecular weight is 626 g/mol. The lowest BCUT2D eigenvalue weighted by Gasteiger charge is -2.39. The van der Waals surface area contributed by atoms with Crippen LogP contribution in [-0.4, -0.2) is 52.7 Å². The van der Waals surface area contributed by atoms with Crippen LogP contribution in [0.3, 0.4) is 0 Å². The molecular formula is C39H47NO6. The van der Waals surface area contributed by atoms with E-state index in [-0.39, 0.29) is 18.1 Å². The van der Waals surface area contributed by atoms with Crippen LogP contribution in [0, 0.1) is 13.8 Å². The van der Waals surface area contributed by atoms with E-state index in [1.54, 1.807) is 14.2 Å². The zero-order valence-corrected chi connectivity index (χ0v) is 27.5. The van der Waals surface area contributed by atoms with Crippen LogP contribution in [0.4, 0.5) is 0 Å². The summed E-state index contributed by atoms with van der Waals surface area (Å²) in [5.41, 5.74) is 6.77. The lowest BCUT2D eigenvalue weighted by atomic mass is 9.85. The largest absolute Gasteiger partial charge is 0.496 e. The molecule has 0 bridgehead atoms. The highest BCUT2D eigenvalue weighted by molar-refractivity contribution is 5.37. The van der Waals surface area contributed by atoms with E-state index in [2.05, 4.69) is 79.8 Å². The van der Waals surface area contributed by atoms with Gasteiger partial charge in [-0.1, -0.05) is 66.7 Å². The van der Waals surface area contributed by atoms with Crippen molar-refractivity contribution in [2.75, 3.05) is 40.5 Å². The first kappa shape index (κ1) is 33.5. The standard InChI is InChI=1S/C39H47NO6/c1-28-21-31(11-17-35(28)41-3)26-45-37-23-40-24-38(46-27-32-12-18-36(42-4)29(2)22-32)39(37)33-13-15-34(16-14-33)44-20-8-19-43-25-30-9-6-5-7-10-30/h5-7,9-18,21-22,37-40H,8,19-20,23-27H2,1-4H3/t37-,38+,39-. The Bertz CT molecular complexity index is 1430. The van der Waals surface area contributed by atoms with E-state index >= 15 is 0 Å². The molecular weight excluding hydrogens is 578 g/mol. The van der Waals surface area contributed by atoms with Crippen LogP contribution in [0.25, 0.3) is 0 Å². The van der Waals surface area contributed by atoms with Crippen LogP contribution in [0.5, 0.6) is 17.2 Å². The summed E-state index contributed by atoms with van der Waals surface area (Å²) in [6.07, 6.45) is 0.671. The molecule has 1 fully saturated rings. The number of piperidine rings is 1. The predicted octanol–water partition coefficient (Wildman–Crippen LogP) is 7.16. The number of benzene rings is 4. The maximum absolute atomic E-state index is 6.62.